The zero-order valence-electron chi connectivity index (χ0n) is 13.9. The second kappa shape index (κ2) is 7.43. The Balaban J connectivity index is 1.64. The maximum Gasteiger partial charge on any atom is 0.319 e. The van der Waals surface area contributed by atoms with Crippen molar-refractivity contribution in [2.75, 3.05) is 12.4 Å². The van der Waals surface area contributed by atoms with E-state index >= 15 is 0 Å². The minimum Gasteiger partial charge on any atom is -0.496 e. The van der Waals surface area contributed by atoms with Crippen LogP contribution < -0.4 is 15.4 Å². The van der Waals surface area contributed by atoms with Gasteiger partial charge in [0.15, 0.2) is 5.82 Å². The molecule has 8 nitrogen and oxygen atoms in total. The quantitative estimate of drug-likeness (QED) is 0.744. The second-order valence-electron chi connectivity index (χ2n) is 5.31. The predicted octanol–water partition coefficient (Wildman–Crippen LogP) is 2.30. The number of urea groups is 1. The third kappa shape index (κ3) is 3.92. The van der Waals surface area contributed by atoms with Gasteiger partial charge in [0.1, 0.15) is 5.75 Å². The summed E-state index contributed by atoms with van der Waals surface area (Å²) >= 11 is 0. The van der Waals surface area contributed by atoms with Gasteiger partial charge in [-0.15, -0.1) is 5.10 Å². The summed E-state index contributed by atoms with van der Waals surface area (Å²) < 4.78 is 6.87. The fourth-order valence-corrected chi connectivity index (χ4v) is 2.39. The van der Waals surface area contributed by atoms with Crippen LogP contribution in [0.3, 0.4) is 0 Å². The molecule has 0 saturated carbocycles. The molecule has 25 heavy (non-hydrogen) atoms. The first-order valence-corrected chi connectivity index (χ1v) is 7.69. The Morgan fingerprint density at radius 1 is 1.20 bits per heavy atom. The lowest BCUT2D eigenvalue weighted by Crippen LogP contribution is -2.28. The molecule has 0 aliphatic rings. The van der Waals surface area contributed by atoms with Crippen LogP contribution in [0.15, 0.2) is 48.5 Å². The van der Waals surface area contributed by atoms with Crippen molar-refractivity contribution in [1.82, 2.24) is 25.5 Å². The van der Waals surface area contributed by atoms with Crippen LogP contribution in [0.1, 0.15) is 11.4 Å². The summed E-state index contributed by atoms with van der Waals surface area (Å²) in [5.74, 6) is 1.40. The molecule has 2 amide bonds. The van der Waals surface area contributed by atoms with Crippen LogP contribution in [-0.2, 0) is 6.54 Å². The van der Waals surface area contributed by atoms with Gasteiger partial charge in [0.05, 0.1) is 12.8 Å². The number of nitrogens with one attached hydrogen (secondary N) is 2. The van der Waals surface area contributed by atoms with Crippen LogP contribution in [0.2, 0.25) is 0 Å². The zero-order valence-corrected chi connectivity index (χ0v) is 13.9. The molecule has 2 aromatic carbocycles. The zero-order chi connectivity index (χ0) is 17.6. The first-order valence-electron chi connectivity index (χ1n) is 7.69. The molecule has 0 atom stereocenters. The topological polar surface area (TPSA) is 94.0 Å². The molecule has 0 aliphatic carbocycles. The molecular weight excluding hydrogens is 320 g/mol. The first-order chi connectivity index (χ1) is 12.2. The molecule has 0 unspecified atom stereocenters. The fraction of sp³-hybridized carbons (Fsp3) is 0.176. The number of tetrazole rings is 1. The smallest absolute Gasteiger partial charge is 0.319 e. The van der Waals surface area contributed by atoms with Crippen molar-refractivity contribution in [2.24, 2.45) is 0 Å². The minimum atomic E-state index is -0.309. The van der Waals surface area contributed by atoms with Crippen molar-refractivity contribution in [1.29, 1.82) is 0 Å². The molecular formula is C17H18N6O2. The SMILES string of the molecule is COc1ccccc1CNC(=O)Nc1cccc(-n2nnnc2C)c1. The van der Waals surface area contributed by atoms with E-state index in [9.17, 15) is 4.79 Å². The summed E-state index contributed by atoms with van der Waals surface area (Å²) in [6.45, 7) is 2.17. The van der Waals surface area contributed by atoms with E-state index in [1.54, 1.807) is 30.8 Å². The van der Waals surface area contributed by atoms with Gasteiger partial charge in [-0.25, -0.2) is 4.79 Å². The van der Waals surface area contributed by atoms with Gasteiger partial charge in [0.25, 0.3) is 0 Å². The maximum atomic E-state index is 12.1. The van der Waals surface area contributed by atoms with Crippen molar-refractivity contribution in [3.05, 3.63) is 59.9 Å². The lowest BCUT2D eigenvalue weighted by atomic mass is 10.2. The molecule has 8 heteroatoms. The van der Waals surface area contributed by atoms with Crippen LogP contribution in [0.5, 0.6) is 5.75 Å². The molecule has 0 bridgehead atoms. The Morgan fingerprint density at radius 3 is 2.80 bits per heavy atom. The monoisotopic (exact) mass is 338 g/mol. The van der Waals surface area contributed by atoms with Crippen LogP contribution in [0, 0.1) is 6.92 Å². The summed E-state index contributed by atoms with van der Waals surface area (Å²) in [6, 6.07) is 14.5. The van der Waals surface area contributed by atoms with Crippen LogP contribution in [0.25, 0.3) is 5.69 Å². The number of carbonyl (C=O) groups is 1. The molecule has 128 valence electrons. The van der Waals surface area contributed by atoms with Gasteiger partial charge in [-0.05, 0) is 41.6 Å². The molecule has 0 aliphatic heterocycles. The Morgan fingerprint density at radius 2 is 2.04 bits per heavy atom. The average Bonchev–Trinajstić information content (AvgIpc) is 3.06. The molecule has 3 rings (SSSR count). The van der Waals surface area contributed by atoms with Crippen molar-refractivity contribution in [2.45, 2.75) is 13.5 Å². The Hall–Kier alpha value is -3.42. The Kier molecular flexibility index (Phi) is 4.89. The number of benzene rings is 2. The number of anilines is 1. The van der Waals surface area contributed by atoms with Crippen LogP contribution in [0.4, 0.5) is 10.5 Å². The van der Waals surface area contributed by atoms with Crippen molar-refractivity contribution in [3.8, 4) is 11.4 Å². The first kappa shape index (κ1) is 16.4. The third-order valence-corrected chi connectivity index (χ3v) is 3.61. The number of ether oxygens (including phenoxy) is 1. The predicted molar refractivity (Wildman–Crippen MR) is 92.7 cm³/mol. The molecule has 0 fully saturated rings. The molecule has 0 saturated heterocycles. The normalized spacial score (nSPS) is 10.3. The van der Waals surface area contributed by atoms with Crippen LogP contribution in [-0.4, -0.2) is 33.3 Å². The highest BCUT2D eigenvalue weighted by molar-refractivity contribution is 5.89. The summed E-state index contributed by atoms with van der Waals surface area (Å²) in [5.41, 5.74) is 2.31. The van der Waals surface area contributed by atoms with Gasteiger partial charge in [0.2, 0.25) is 0 Å². The van der Waals surface area contributed by atoms with Gasteiger partial charge in [0, 0.05) is 17.8 Å². The number of aromatic nitrogens is 4. The Bertz CT molecular complexity index is 877. The van der Waals surface area contributed by atoms with Gasteiger partial charge in [-0.3, -0.25) is 0 Å². The highest BCUT2D eigenvalue weighted by Gasteiger charge is 2.07. The van der Waals surface area contributed by atoms with Crippen LogP contribution >= 0.6 is 0 Å². The average molecular weight is 338 g/mol. The number of hydrogen-bond donors (Lipinski definition) is 2. The number of para-hydroxylation sites is 1. The molecule has 0 radical (unpaired) electrons. The van der Waals surface area contributed by atoms with Crippen molar-refractivity contribution < 1.29 is 9.53 Å². The molecule has 3 aromatic rings. The highest BCUT2D eigenvalue weighted by atomic mass is 16.5. The van der Waals surface area contributed by atoms with Crippen molar-refractivity contribution >= 4 is 11.7 Å². The standard InChI is InChI=1S/C17H18N6O2/c1-12-20-21-22-23(12)15-8-5-7-14(10-15)19-17(24)18-11-13-6-3-4-9-16(13)25-2/h3-10H,11H2,1-2H3,(H2,18,19,24). The van der Waals surface area contributed by atoms with E-state index in [4.69, 9.17) is 4.74 Å². The summed E-state index contributed by atoms with van der Waals surface area (Å²) in [7, 11) is 1.60. The van der Waals surface area contributed by atoms with E-state index in [1.165, 1.54) is 0 Å². The summed E-state index contributed by atoms with van der Waals surface area (Å²) in [5, 5.41) is 17.0. The van der Waals surface area contributed by atoms with Gasteiger partial charge in [-0.1, -0.05) is 24.3 Å². The van der Waals surface area contributed by atoms with E-state index in [0.717, 1.165) is 17.0 Å². The second-order valence-corrected chi connectivity index (χ2v) is 5.31. The fourth-order valence-electron chi connectivity index (χ4n) is 2.39. The highest BCUT2D eigenvalue weighted by Crippen LogP contribution is 2.17. The van der Waals surface area contributed by atoms with Gasteiger partial charge in [-0.2, -0.15) is 4.68 Å². The number of nitrogens with zero attached hydrogens (tertiary/aromatic N) is 4. The van der Waals surface area contributed by atoms with E-state index in [-0.39, 0.29) is 6.03 Å². The van der Waals surface area contributed by atoms with E-state index in [0.29, 0.717) is 18.1 Å². The number of aryl methyl sites for hydroxylation is 1. The number of hydrogen-bond acceptors (Lipinski definition) is 5. The van der Waals surface area contributed by atoms with E-state index in [1.807, 2.05) is 36.4 Å². The lowest BCUT2D eigenvalue weighted by molar-refractivity contribution is 0.251. The number of methoxy groups -OCH3 is 1. The van der Waals surface area contributed by atoms with Gasteiger partial charge >= 0.3 is 6.03 Å². The number of amides is 2. The van der Waals surface area contributed by atoms with Gasteiger partial charge < -0.3 is 15.4 Å². The summed E-state index contributed by atoms with van der Waals surface area (Å²) in [6.07, 6.45) is 0. The third-order valence-electron chi connectivity index (χ3n) is 3.61. The summed E-state index contributed by atoms with van der Waals surface area (Å²) in [4.78, 5) is 12.1. The minimum absolute atomic E-state index is 0.309. The maximum absolute atomic E-state index is 12.1. The molecule has 1 aromatic heterocycles. The molecule has 0 spiro atoms. The largest absolute Gasteiger partial charge is 0.496 e. The number of rotatable bonds is 5. The lowest BCUT2D eigenvalue weighted by Gasteiger charge is -2.11. The molecule has 1 heterocycles. The van der Waals surface area contributed by atoms with Crippen molar-refractivity contribution in [3.63, 3.8) is 0 Å². The molecule has 2 N–H and O–H groups in total. The van der Waals surface area contributed by atoms with E-state index in [2.05, 4.69) is 26.2 Å². The number of carbonyl (C=O) groups excluding carboxylic acids is 1. The Labute approximate surface area is 144 Å². The van der Waals surface area contributed by atoms with E-state index < -0.39 is 0 Å².